The number of guanidine groups is 1. The molecule has 0 saturated carbocycles. The van der Waals surface area contributed by atoms with Gasteiger partial charge in [0.15, 0.2) is 5.96 Å². The molecule has 146 valence electrons. The molecule has 0 spiro atoms. The molecule has 0 radical (unpaired) electrons. The Morgan fingerprint density at radius 3 is 2.67 bits per heavy atom. The molecule has 1 atom stereocenters. The SMILES string of the molecule is CN=C(NCC(c1cccs1)N1CCOCC1)N(C)Cc1ccc(Cl)cc1. The van der Waals surface area contributed by atoms with E-state index in [4.69, 9.17) is 16.3 Å². The van der Waals surface area contributed by atoms with Crippen molar-refractivity contribution in [2.24, 2.45) is 4.99 Å². The lowest BCUT2D eigenvalue weighted by atomic mass is 10.2. The van der Waals surface area contributed by atoms with Crippen LogP contribution in [0.5, 0.6) is 0 Å². The summed E-state index contributed by atoms with van der Waals surface area (Å²) in [4.78, 5) is 10.5. The topological polar surface area (TPSA) is 40.1 Å². The molecular weight excluding hydrogens is 380 g/mol. The number of thiophene rings is 1. The van der Waals surface area contributed by atoms with E-state index in [-0.39, 0.29) is 0 Å². The lowest BCUT2D eigenvalue weighted by molar-refractivity contribution is 0.0176. The number of benzene rings is 1. The Labute approximate surface area is 170 Å². The molecule has 0 aliphatic carbocycles. The van der Waals surface area contributed by atoms with Crippen LogP contribution in [0, 0.1) is 0 Å². The van der Waals surface area contributed by atoms with Crippen molar-refractivity contribution in [2.75, 3.05) is 46.9 Å². The minimum Gasteiger partial charge on any atom is -0.379 e. The molecular formula is C20H27ClN4OS. The predicted molar refractivity (Wildman–Crippen MR) is 114 cm³/mol. The lowest BCUT2D eigenvalue weighted by Gasteiger charge is -2.35. The van der Waals surface area contributed by atoms with Crippen LogP contribution in [0.2, 0.25) is 5.02 Å². The third kappa shape index (κ3) is 5.69. The molecule has 1 N–H and O–H groups in total. The number of halogens is 1. The van der Waals surface area contributed by atoms with Gasteiger partial charge >= 0.3 is 0 Å². The van der Waals surface area contributed by atoms with E-state index in [0.717, 1.165) is 50.4 Å². The van der Waals surface area contributed by atoms with E-state index < -0.39 is 0 Å². The second kappa shape index (κ2) is 10.1. The molecule has 1 saturated heterocycles. The van der Waals surface area contributed by atoms with Gasteiger partial charge in [0.25, 0.3) is 0 Å². The van der Waals surface area contributed by atoms with Crippen molar-refractivity contribution in [3.63, 3.8) is 0 Å². The molecule has 27 heavy (non-hydrogen) atoms. The van der Waals surface area contributed by atoms with Gasteiger partial charge in [-0.15, -0.1) is 11.3 Å². The van der Waals surface area contributed by atoms with Crippen LogP contribution in [0.15, 0.2) is 46.8 Å². The number of ether oxygens (including phenoxy) is 1. The van der Waals surface area contributed by atoms with Crippen LogP contribution in [-0.4, -0.2) is 62.7 Å². The van der Waals surface area contributed by atoms with Gasteiger partial charge in [0.05, 0.1) is 19.3 Å². The largest absolute Gasteiger partial charge is 0.379 e. The van der Waals surface area contributed by atoms with Gasteiger partial charge in [0.2, 0.25) is 0 Å². The molecule has 1 aliphatic rings. The van der Waals surface area contributed by atoms with Gasteiger partial charge < -0.3 is 15.0 Å². The Kier molecular flexibility index (Phi) is 7.52. The number of hydrogen-bond acceptors (Lipinski definition) is 4. The maximum absolute atomic E-state index is 5.98. The summed E-state index contributed by atoms with van der Waals surface area (Å²) in [7, 11) is 3.88. The maximum atomic E-state index is 5.98. The molecule has 5 nitrogen and oxygen atoms in total. The lowest BCUT2D eigenvalue weighted by Crippen LogP contribution is -2.46. The molecule has 1 aromatic carbocycles. The van der Waals surface area contributed by atoms with Crippen LogP contribution >= 0.6 is 22.9 Å². The third-order valence-electron chi connectivity index (χ3n) is 4.72. The van der Waals surface area contributed by atoms with Crippen molar-refractivity contribution >= 4 is 28.9 Å². The van der Waals surface area contributed by atoms with Gasteiger partial charge in [-0.2, -0.15) is 0 Å². The van der Waals surface area contributed by atoms with Crippen molar-refractivity contribution in [2.45, 2.75) is 12.6 Å². The van der Waals surface area contributed by atoms with Gasteiger partial charge in [-0.1, -0.05) is 29.8 Å². The third-order valence-corrected chi connectivity index (χ3v) is 5.94. The van der Waals surface area contributed by atoms with E-state index in [1.807, 2.05) is 42.6 Å². The molecule has 2 heterocycles. The normalized spacial score (nSPS) is 16.9. The Bertz CT molecular complexity index is 714. The highest BCUT2D eigenvalue weighted by atomic mass is 35.5. The van der Waals surface area contributed by atoms with Crippen molar-refractivity contribution < 1.29 is 4.74 Å². The highest BCUT2D eigenvalue weighted by Gasteiger charge is 2.24. The number of aliphatic imine (C=N–C) groups is 1. The predicted octanol–water partition coefficient (Wildman–Crippen LogP) is 3.48. The van der Waals surface area contributed by atoms with Crippen molar-refractivity contribution in [1.29, 1.82) is 0 Å². The molecule has 2 aromatic rings. The first-order valence-electron chi connectivity index (χ1n) is 9.19. The maximum Gasteiger partial charge on any atom is 0.193 e. The molecule has 0 amide bonds. The summed E-state index contributed by atoms with van der Waals surface area (Å²) >= 11 is 7.79. The Morgan fingerprint density at radius 1 is 1.30 bits per heavy atom. The van der Waals surface area contributed by atoms with Gasteiger partial charge in [-0.3, -0.25) is 9.89 Å². The highest BCUT2D eigenvalue weighted by molar-refractivity contribution is 7.10. The molecule has 1 fully saturated rings. The zero-order chi connectivity index (χ0) is 19.1. The highest BCUT2D eigenvalue weighted by Crippen LogP contribution is 2.25. The van der Waals surface area contributed by atoms with Crippen LogP contribution in [0.4, 0.5) is 0 Å². The van der Waals surface area contributed by atoms with Crippen LogP contribution in [0.1, 0.15) is 16.5 Å². The van der Waals surface area contributed by atoms with E-state index in [2.05, 4.69) is 44.7 Å². The average Bonchev–Trinajstić information content (AvgIpc) is 3.22. The quantitative estimate of drug-likeness (QED) is 0.589. The summed E-state index contributed by atoms with van der Waals surface area (Å²) in [5.41, 5.74) is 1.20. The van der Waals surface area contributed by atoms with Crippen LogP contribution in [-0.2, 0) is 11.3 Å². The molecule has 1 aromatic heterocycles. The number of rotatable bonds is 6. The fourth-order valence-electron chi connectivity index (χ4n) is 3.29. The van der Waals surface area contributed by atoms with Crippen molar-refractivity contribution in [3.8, 4) is 0 Å². The van der Waals surface area contributed by atoms with E-state index in [1.54, 1.807) is 0 Å². The first kappa shape index (κ1) is 20.1. The zero-order valence-corrected chi connectivity index (χ0v) is 17.5. The van der Waals surface area contributed by atoms with Crippen LogP contribution in [0.25, 0.3) is 0 Å². The molecule has 7 heteroatoms. The van der Waals surface area contributed by atoms with E-state index >= 15 is 0 Å². The number of morpholine rings is 1. The summed E-state index contributed by atoms with van der Waals surface area (Å²) in [6.45, 7) is 5.11. The number of nitrogens with zero attached hydrogens (tertiary/aromatic N) is 3. The summed E-state index contributed by atoms with van der Waals surface area (Å²) in [5, 5.41) is 6.46. The van der Waals surface area contributed by atoms with Gasteiger partial charge in [0, 0.05) is 50.2 Å². The number of nitrogens with one attached hydrogen (secondary N) is 1. The van der Waals surface area contributed by atoms with Crippen molar-refractivity contribution in [3.05, 3.63) is 57.2 Å². The van der Waals surface area contributed by atoms with Gasteiger partial charge in [-0.05, 0) is 29.1 Å². The summed E-state index contributed by atoms with van der Waals surface area (Å²) in [5.74, 6) is 0.889. The first-order valence-corrected chi connectivity index (χ1v) is 10.4. The second-order valence-electron chi connectivity index (χ2n) is 6.59. The van der Waals surface area contributed by atoms with Crippen LogP contribution in [0.3, 0.4) is 0 Å². The minimum atomic E-state index is 0.328. The van der Waals surface area contributed by atoms with Crippen LogP contribution < -0.4 is 5.32 Å². The summed E-state index contributed by atoms with van der Waals surface area (Å²) in [6.07, 6.45) is 0. The second-order valence-corrected chi connectivity index (χ2v) is 8.01. The zero-order valence-electron chi connectivity index (χ0n) is 15.9. The monoisotopic (exact) mass is 406 g/mol. The summed E-state index contributed by atoms with van der Waals surface area (Å²) < 4.78 is 5.53. The molecule has 1 unspecified atom stereocenters. The fourth-order valence-corrected chi connectivity index (χ4v) is 4.28. The molecule has 1 aliphatic heterocycles. The Balaban J connectivity index is 1.62. The smallest absolute Gasteiger partial charge is 0.193 e. The van der Waals surface area contributed by atoms with E-state index in [0.29, 0.717) is 6.04 Å². The average molecular weight is 407 g/mol. The van der Waals surface area contributed by atoms with E-state index in [1.165, 1.54) is 10.4 Å². The van der Waals surface area contributed by atoms with Gasteiger partial charge in [-0.25, -0.2) is 0 Å². The van der Waals surface area contributed by atoms with Gasteiger partial charge in [0.1, 0.15) is 0 Å². The minimum absolute atomic E-state index is 0.328. The van der Waals surface area contributed by atoms with Crippen molar-refractivity contribution in [1.82, 2.24) is 15.1 Å². The summed E-state index contributed by atoms with van der Waals surface area (Å²) in [6, 6.07) is 12.6. The molecule has 0 bridgehead atoms. The first-order chi connectivity index (χ1) is 13.2. The molecule has 3 rings (SSSR count). The fraction of sp³-hybridized carbons (Fsp3) is 0.450. The Morgan fingerprint density at radius 2 is 2.04 bits per heavy atom. The Hall–Kier alpha value is -1.60. The van der Waals surface area contributed by atoms with E-state index in [9.17, 15) is 0 Å². The number of hydrogen-bond donors (Lipinski definition) is 1. The standard InChI is InChI=1S/C20H27ClN4OS/c1-22-20(24(2)15-16-5-7-17(21)8-6-16)23-14-18(19-4-3-13-27-19)25-9-11-26-12-10-25/h3-8,13,18H,9-12,14-15H2,1-2H3,(H,22,23).